The molecule has 0 aliphatic heterocycles. The van der Waals surface area contributed by atoms with E-state index in [9.17, 15) is 0 Å². The maximum Gasteiger partial charge on any atom is 0.101 e. The molecule has 3 fully saturated rings. The number of benzene rings is 1. The first kappa shape index (κ1) is 10.7. The summed E-state index contributed by atoms with van der Waals surface area (Å²) in [5, 5.41) is 13.4. The fourth-order valence-corrected chi connectivity index (χ4v) is 4.60. The maximum atomic E-state index is 9.15. The second kappa shape index (κ2) is 3.65. The van der Waals surface area contributed by atoms with Gasteiger partial charge < -0.3 is 5.32 Å². The van der Waals surface area contributed by atoms with Crippen molar-refractivity contribution >= 4 is 17.3 Å². The zero-order valence-corrected chi connectivity index (χ0v) is 10.8. The zero-order chi connectivity index (χ0) is 12.3. The Labute approximate surface area is 112 Å². The molecule has 1 aromatic carbocycles. The highest BCUT2D eigenvalue weighted by Crippen LogP contribution is 2.66. The number of rotatable bonds is 2. The number of nitrogens with one attached hydrogen (secondary N) is 1. The van der Waals surface area contributed by atoms with E-state index in [1.54, 1.807) is 6.07 Å². The average molecular weight is 259 g/mol. The Balaban J connectivity index is 1.56. The molecule has 0 saturated heterocycles. The van der Waals surface area contributed by atoms with Gasteiger partial charge in [0.15, 0.2) is 0 Å². The van der Waals surface area contributed by atoms with Crippen LogP contribution < -0.4 is 5.32 Å². The molecule has 0 amide bonds. The summed E-state index contributed by atoms with van der Waals surface area (Å²) in [7, 11) is 0. The molecule has 0 aromatic heterocycles. The van der Waals surface area contributed by atoms with E-state index in [0.717, 1.165) is 29.4 Å². The van der Waals surface area contributed by atoms with Gasteiger partial charge in [0.1, 0.15) is 6.07 Å². The second-order valence-corrected chi connectivity index (χ2v) is 6.40. The molecule has 3 saturated carbocycles. The van der Waals surface area contributed by atoms with Crippen LogP contribution in [-0.2, 0) is 0 Å². The van der Waals surface area contributed by atoms with Gasteiger partial charge in [0.2, 0.25) is 0 Å². The summed E-state index contributed by atoms with van der Waals surface area (Å²) in [5.41, 5.74) is 1.63. The molecule has 2 bridgehead atoms. The van der Waals surface area contributed by atoms with Crippen LogP contribution in [-0.4, -0.2) is 6.04 Å². The van der Waals surface area contributed by atoms with E-state index in [2.05, 4.69) is 11.4 Å². The molecule has 0 heterocycles. The Morgan fingerprint density at radius 2 is 1.94 bits per heavy atom. The van der Waals surface area contributed by atoms with Gasteiger partial charge in [-0.15, -0.1) is 0 Å². The molecular weight excluding hydrogens is 244 g/mol. The van der Waals surface area contributed by atoms with E-state index < -0.39 is 0 Å². The lowest BCUT2D eigenvalue weighted by Crippen LogP contribution is -2.13. The largest absolute Gasteiger partial charge is 0.381 e. The van der Waals surface area contributed by atoms with E-state index in [1.807, 2.05) is 12.1 Å². The van der Waals surface area contributed by atoms with E-state index in [-0.39, 0.29) is 0 Å². The van der Waals surface area contributed by atoms with Crippen molar-refractivity contribution in [2.75, 3.05) is 5.32 Å². The number of nitriles is 1. The molecule has 4 atom stereocenters. The van der Waals surface area contributed by atoms with Gasteiger partial charge in [0, 0.05) is 11.1 Å². The fraction of sp³-hybridized carbons (Fsp3) is 0.533. The highest BCUT2D eigenvalue weighted by molar-refractivity contribution is 6.30. The Morgan fingerprint density at radius 3 is 2.61 bits per heavy atom. The lowest BCUT2D eigenvalue weighted by Gasteiger charge is -2.13. The Kier molecular flexibility index (Phi) is 2.17. The number of halogens is 1. The van der Waals surface area contributed by atoms with Crippen LogP contribution >= 0.6 is 11.6 Å². The average Bonchev–Trinajstić information content (AvgIpc) is 2.78. The molecule has 0 radical (unpaired) electrons. The minimum Gasteiger partial charge on any atom is -0.381 e. The molecule has 4 unspecified atom stereocenters. The lowest BCUT2D eigenvalue weighted by molar-refractivity contribution is 0.456. The van der Waals surface area contributed by atoms with Gasteiger partial charge in [0.25, 0.3) is 0 Å². The topological polar surface area (TPSA) is 35.8 Å². The van der Waals surface area contributed by atoms with Crippen molar-refractivity contribution in [2.24, 2.45) is 23.7 Å². The Hall–Kier alpha value is -1.20. The van der Waals surface area contributed by atoms with Crippen LogP contribution in [0.25, 0.3) is 0 Å². The smallest absolute Gasteiger partial charge is 0.101 e. The van der Waals surface area contributed by atoms with Gasteiger partial charge >= 0.3 is 0 Å². The zero-order valence-electron chi connectivity index (χ0n) is 10.1. The van der Waals surface area contributed by atoms with Crippen LogP contribution in [0.4, 0.5) is 5.69 Å². The van der Waals surface area contributed by atoms with E-state index in [1.165, 1.54) is 19.3 Å². The minimum atomic E-state index is 0.615. The molecule has 18 heavy (non-hydrogen) atoms. The summed E-state index contributed by atoms with van der Waals surface area (Å²) in [4.78, 5) is 0. The summed E-state index contributed by atoms with van der Waals surface area (Å²) in [6, 6.07) is 8.39. The number of fused-ring (bicyclic) bond motifs is 5. The van der Waals surface area contributed by atoms with Crippen LogP contribution in [0.15, 0.2) is 18.2 Å². The summed E-state index contributed by atoms with van der Waals surface area (Å²) >= 11 is 5.92. The molecule has 2 nitrogen and oxygen atoms in total. The van der Waals surface area contributed by atoms with Gasteiger partial charge in [0.05, 0.1) is 11.3 Å². The van der Waals surface area contributed by atoms with Gasteiger partial charge in [-0.2, -0.15) is 5.26 Å². The van der Waals surface area contributed by atoms with Gasteiger partial charge in [-0.25, -0.2) is 0 Å². The molecular formula is C15H15ClN2. The highest BCUT2D eigenvalue weighted by Gasteiger charge is 2.65. The monoisotopic (exact) mass is 258 g/mol. The van der Waals surface area contributed by atoms with Gasteiger partial charge in [-0.1, -0.05) is 11.6 Å². The van der Waals surface area contributed by atoms with Crippen molar-refractivity contribution in [1.29, 1.82) is 5.26 Å². The first-order chi connectivity index (χ1) is 8.78. The molecule has 4 rings (SSSR count). The molecule has 0 spiro atoms. The summed E-state index contributed by atoms with van der Waals surface area (Å²) in [6.07, 6.45) is 4.31. The fourth-order valence-electron chi connectivity index (χ4n) is 4.43. The quantitative estimate of drug-likeness (QED) is 0.879. The predicted octanol–water partition coefficient (Wildman–Crippen LogP) is 3.67. The lowest BCUT2D eigenvalue weighted by atomic mass is 10.0. The Bertz CT molecular complexity index is 532. The van der Waals surface area contributed by atoms with Crippen molar-refractivity contribution < 1.29 is 0 Å². The van der Waals surface area contributed by atoms with Crippen LogP contribution in [0.3, 0.4) is 0 Å². The van der Waals surface area contributed by atoms with Crippen molar-refractivity contribution in [1.82, 2.24) is 0 Å². The van der Waals surface area contributed by atoms with Gasteiger partial charge in [-0.05, 0) is 61.1 Å². The summed E-state index contributed by atoms with van der Waals surface area (Å²) < 4.78 is 0. The molecule has 3 aliphatic carbocycles. The van der Waals surface area contributed by atoms with E-state index in [4.69, 9.17) is 16.9 Å². The van der Waals surface area contributed by atoms with Crippen molar-refractivity contribution in [3.63, 3.8) is 0 Å². The molecule has 1 aromatic rings. The number of nitrogens with zero attached hydrogens (tertiary/aromatic N) is 1. The van der Waals surface area contributed by atoms with E-state index in [0.29, 0.717) is 16.6 Å². The Morgan fingerprint density at radius 1 is 1.22 bits per heavy atom. The first-order valence-corrected chi connectivity index (χ1v) is 7.12. The third kappa shape index (κ3) is 1.40. The van der Waals surface area contributed by atoms with Crippen molar-refractivity contribution in [3.8, 4) is 6.07 Å². The number of anilines is 1. The van der Waals surface area contributed by atoms with Crippen LogP contribution in [0.5, 0.6) is 0 Å². The van der Waals surface area contributed by atoms with Gasteiger partial charge in [-0.3, -0.25) is 0 Å². The first-order valence-electron chi connectivity index (χ1n) is 6.74. The molecule has 3 heteroatoms. The van der Waals surface area contributed by atoms with Crippen LogP contribution in [0.2, 0.25) is 5.02 Å². The van der Waals surface area contributed by atoms with Crippen molar-refractivity contribution in [3.05, 3.63) is 28.8 Å². The number of hydrogen-bond acceptors (Lipinski definition) is 2. The second-order valence-electron chi connectivity index (χ2n) is 5.96. The van der Waals surface area contributed by atoms with Crippen molar-refractivity contribution in [2.45, 2.75) is 25.3 Å². The highest BCUT2D eigenvalue weighted by atomic mass is 35.5. The summed E-state index contributed by atoms with van der Waals surface area (Å²) in [5.74, 6) is 3.67. The minimum absolute atomic E-state index is 0.615. The van der Waals surface area contributed by atoms with E-state index >= 15 is 0 Å². The standard InChI is InChI=1S/C15H15ClN2/c16-11-3-4-12(10(6-11)7-17)18-15-13-8-1-2-9(5-8)14(13)15/h3-4,6,8-9,13-15,18H,1-2,5H2. The van der Waals surface area contributed by atoms with Crippen LogP contribution in [0.1, 0.15) is 24.8 Å². The SMILES string of the molecule is N#Cc1cc(Cl)ccc1NC1C2C3CCC(C3)C12. The maximum absolute atomic E-state index is 9.15. The third-order valence-electron chi connectivity index (χ3n) is 5.16. The molecule has 3 aliphatic rings. The van der Waals surface area contributed by atoms with Crippen LogP contribution in [0, 0.1) is 35.0 Å². The third-order valence-corrected chi connectivity index (χ3v) is 5.39. The normalized spacial score (nSPS) is 39.2. The molecule has 1 N–H and O–H groups in total. The predicted molar refractivity (Wildman–Crippen MR) is 71.4 cm³/mol. The number of hydrogen-bond donors (Lipinski definition) is 1. The summed E-state index contributed by atoms with van der Waals surface area (Å²) in [6.45, 7) is 0. The molecule has 92 valence electrons.